The Morgan fingerprint density at radius 2 is 2.00 bits per heavy atom. The van der Waals surface area contributed by atoms with E-state index in [1.807, 2.05) is 12.3 Å². The molecule has 0 radical (unpaired) electrons. The number of nitrogens with zero attached hydrogens (tertiary/aromatic N) is 1. The van der Waals surface area contributed by atoms with Crippen LogP contribution in [0.3, 0.4) is 0 Å². The summed E-state index contributed by atoms with van der Waals surface area (Å²) in [6.07, 6.45) is 8.66. The molecule has 2 unspecified atom stereocenters. The molecule has 1 aliphatic carbocycles. The quantitative estimate of drug-likeness (QED) is 0.840. The summed E-state index contributed by atoms with van der Waals surface area (Å²) in [5.41, 5.74) is 2.46. The third-order valence-corrected chi connectivity index (χ3v) is 4.55. The highest BCUT2D eigenvalue weighted by atomic mass is 14.9. The van der Waals surface area contributed by atoms with Crippen molar-refractivity contribution in [2.24, 2.45) is 5.92 Å². The number of hydrogen-bond donors (Lipinski definition) is 1. The summed E-state index contributed by atoms with van der Waals surface area (Å²) in [7, 11) is 0. The van der Waals surface area contributed by atoms with Gasteiger partial charge in [-0.25, -0.2) is 0 Å². The van der Waals surface area contributed by atoms with Gasteiger partial charge in [0.2, 0.25) is 0 Å². The van der Waals surface area contributed by atoms with Crippen LogP contribution in [-0.2, 0) is 6.54 Å². The highest BCUT2D eigenvalue weighted by molar-refractivity contribution is 5.81. The smallest absolute Gasteiger partial charge is 0.0746 e. The number of hydrogen-bond acceptors (Lipinski definition) is 2. The van der Waals surface area contributed by atoms with E-state index in [0.29, 0.717) is 6.04 Å². The Kier molecular flexibility index (Phi) is 4.31. The zero-order valence-electron chi connectivity index (χ0n) is 12.3. The molecular weight excluding hydrogens is 244 g/mol. The fraction of sp³-hybridized carbons (Fsp3) is 0.500. The number of fused-ring (bicyclic) bond motifs is 1. The Labute approximate surface area is 121 Å². The van der Waals surface area contributed by atoms with Crippen molar-refractivity contribution in [1.29, 1.82) is 0 Å². The minimum atomic E-state index is 0.680. The molecule has 1 fully saturated rings. The molecule has 106 valence electrons. The minimum absolute atomic E-state index is 0.680. The molecule has 0 amide bonds. The molecule has 1 aromatic heterocycles. The van der Waals surface area contributed by atoms with Gasteiger partial charge in [-0.05, 0) is 36.8 Å². The van der Waals surface area contributed by atoms with Crippen LogP contribution in [0.1, 0.15) is 44.6 Å². The Bertz CT molecular complexity index is 559. The van der Waals surface area contributed by atoms with Gasteiger partial charge >= 0.3 is 0 Å². The van der Waals surface area contributed by atoms with E-state index in [1.165, 1.54) is 43.1 Å². The Hall–Kier alpha value is -1.41. The van der Waals surface area contributed by atoms with Gasteiger partial charge in [0.1, 0.15) is 0 Å². The third kappa shape index (κ3) is 3.18. The minimum Gasteiger partial charge on any atom is -0.310 e. The van der Waals surface area contributed by atoms with E-state index in [-0.39, 0.29) is 0 Å². The summed E-state index contributed by atoms with van der Waals surface area (Å²) in [6.45, 7) is 3.32. The third-order valence-electron chi connectivity index (χ3n) is 4.55. The lowest BCUT2D eigenvalue weighted by Crippen LogP contribution is -2.28. The average Bonchev–Trinajstić information content (AvgIpc) is 2.70. The molecule has 0 aliphatic heterocycles. The van der Waals surface area contributed by atoms with Crippen LogP contribution in [-0.4, -0.2) is 11.0 Å². The van der Waals surface area contributed by atoms with E-state index >= 15 is 0 Å². The van der Waals surface area contributed by atoms with E-state index in [1.54, 1.807) is 0 Å². The first kappa shape index (κ1) is 13.6. The maximum absolute atomic E-state index is 4.54. The SMILES string of the molecule is CC1CCCC(NCc2cccc3cccnc23)CC1. The maximum atomic E-state index is 4.54. The van der Waals surface area contributed by atoms with Crippen LogP contribution in [0.15, 0.2) is 36.5 Å². The zero-order chi connectivity index (χ0) is 13.8. The van der Waals surface area contributed by atoms with E-state index in [2.05, 4.69) is 41.5 Å². The van der Waals surface area contributed by atoms with Gasteiger partial charge in [0.15, 0.2) is 0 Å². The normalized spacial score (nSPS) is 23.6. The number of rotatable bonds is 3. The molecule has 0 bridgehead atoms. The summed E-state index contributed by atoms with van der Waals surface area (Å²) in [5.74, 6) is 0.904. The first-order valence-electron chi connectivity index (χ1n) is 7.89. The Balaban J connectivity index is 1.67. The molecule has 2 heteroatoms. The predicted molar refractivity (Wildman–Crippen MR) is 84.6 cm³/mol. The van der Waals surface area contributed by atoms with Gasteiger partial charge in [-0.3, -0.25) is 4.98 Å². The monoisotopic (exact) mass is 268 g/mol. The number of nitrogens with one attached hydrogen (secondary N) is 1. The molecule has 2 aromatic rings. The molecule has 1 aromatic carbocycles. The lowest BCUT2D eigenvalue weighted by atomic mass is 10.0. The highest BCUT2D eigenvalue weighted by Gasteiger charge is 2.15. The van der Waals surface area contributed by atoms with Crippen molar-refractivity contribution in [3.63, 3.8) is 0 Å². The van der Waals surface area contributed by atoms with Crippen molar-refractivity contribution in [2.45, 2.75) is 51.6 Å². The summed E-state index contributed by atoms with van der Waals surface area (Å²) < 4.78 is 0. The lowest BCUT2D eigenvalue weighted by Gasteiger charge is -2.17. The van der Waals surface area contributed by atoms with Crippen molar-refractivity contribution in [3.05, 3.63) is 42.1 Å². The van der Waals surface area contributed by atoms with Crippen LogP contribution in [0.4, 0.5) is 0 Å². The second-order valence-electron chi connectivity index (χ2n) is 6.18. The average molecular weight is 268 g/mol. The standard InChI is InChI=1S/C18H24N2/c1-14-5-2-9-17(11-10-14)20-13-16-7-3-6-15-8-4-12-19-18(15)16/h3-4,6-8,12,14,17,20H,2,5,9-11,13H2,1H3. The topological polar surface area (TPSA) is 24.9 Å². The van der Waals surface area contributed by atoms with Gasteiger partial charge in [0.25, 0.3) is 0 Å². The summed E-state index contributed by atoms with van der Waals surface area (Å²) in [6, 6.07) is 11.3. The van der Waals surface area contributed by atoms with Crippen LogP contribution in [0.2, 0.25) is 0 Å². The molecule has 0 spiro atoms. The van der Waals surface area contributed by atoms with Crippen molar-refractivity contribution in [3.8, 4) is 0 Å². The number of benzene rings is 1. The van der Waals surface area contributed by atoms with E-state index in [9.17, 15) is 0 Å². The fourth-order valence-electron chi connectivity index (χ4n) is 3.26. The molecule has 1 saturated carbocycles. The van der Waals surface area contributed by atoms with Gasteiger partial charge in [0, 0.05) is 24.2 Å². The second-order valence-corrected chi connectivity index (χ2v) is 6.18. The van der Waals surface area contributed by atoms with Crippen LogP contribution < -0.4 is 5.32 Å². The van der Waals surface area contributed by atoms with Crippen LogP contribution >= 0.6 is 0 Å². The molecule has 1 heterocycles. The molecule has 1 aliphatic rings. The Morgan fingerprint density at radius 1 is 1.10 bits per heavy atom. The van der Waals surface area contributed by atoms with Gasteiger partial charge in [-0.15, -0.1) is 0 Å². The van der Waals surface area contributed by atoms with Crippen LogP contribution in [0.25, 0.3) is 10.9 Å². The lowest BCUT2D eigenvalue weighted by molar-refractivity contribution is 0.448. The Morgan fingerprint density at radius 3 is 2.95 bits per heavy atom. The second kappa shape index (κ2) is 6.36. The highest BCUT2D eigenvalue weighted by Crippen LogP contribution is 2.23. The van der Waals surface area contributed by atoms with E-state index in [4.69, 9.17) is 0 Å². The van der Waals surface area contributed by atoms with Gasteiger partial charge in [-0.1, -0.05) is 44.0 Å². The summed E-state index contributed by atoms with van der Waals surface area (Å²) >= 11 is 0. The van der Waals surface area contributed by atoms with Crippen molar-refractivity contribution < 1.29 is 0 Å². The summed E-state index contributed by atoms with van der Waals surface area (Å²) in [4.78, 5) is 4.54. The van der Waals surface area contributed by atoms with Crippen LogP contribution in [0.5, 0.6) is 0 Å². The van der Waals surface area contributed by atoms with E-state index < -0.39 is 0 Å². The number of para-hydroxylation sites is 1. The van der Waals surface area contributed by atoms with Crippen molar-refractivity contribution in [1.82, 2.24) is 10.3 Å². The molecule has 2 atom stereocenters. The molecule has 3 rings (SSSR count). The zero-order valence-corrected chi connectivity index (χ0v) is 12.3. The fourth-order valence-corrected chi connectivity index (χ4v) is 3.26. The molecule has 0 saturated heterocycles. The van der Waals surface area contributed by atoms with Crippen molar-refractivity contribution in [2.75, 3.05) is 0 Å². The first-order chi connectivity index (χ1) is 9.83. The molecule has 1 N–H and O–H groups in total. The van der Waals surface area contributed by atoms with Gasteiger partial charge in [-0.2, -0.15) is 0 Å². The van der Waals surface area contributed by atoms with E-state index in [0.717, 1.165) is 18.0 Å². The molecular formula is C18H24N2. The number of aromatic nitrogens is 1. The molecule has 2 nitrogen and oxygen atoms in total. The van der Waals surface area contributed by atoms with Crippen LogP contribution in [0, 0.1) is 5.92 Å². The first-order valence-corrected chi connectivity index (χ1v) is 7.89. The summed E-state index contributed by atoms with van der Waals surface area (Å²) in [5, 5.41) is 4.99. The van der Waals surface area contributed by atoms with Crippen molar-refractivity contribution >= 4 is 10.9 Å². The number of pyridine rings is 1. The molecule has 20 heavy (non-hydrogen) atoms. The van der Waals surface area contributed by atoms with Gasteiger partial charge < -0.3 is 5.32 Å². The predicted octanol–water partition coefficient (Wildman–Crippen LogP) is 4.29. The van der Waals surface area contributed by atoms with Gasteiger partial charge in [0.05, 0.1) is 5.52 Å². The maximum Gasteiger partial charge on any atom is 0.0746 e. The largest absolute Gasteiger partial charge is 0.310 e.